The van der Waals surface area contributed by atoms with Gasteiger partial charge in [-0.15, -0.1) is 0 Å². The topological polar surface area (TPSA) is 76.4 Å². The van der Waals surface area contributed by atoms with Crippen molar-refractivity contribution in [3.63, 3.8) is 0 Å². The summed E-state index contributed by atoms with van der Waals surface area (Å²) in [6, 6.07) is 7.16. The van der Waals surface area contributed by atoms with Crippen molar-refractivity contribution in [3.05, 3.63) is 41.2 Å². The normalized spacial score (nSPS) is 10.5. The lowest BCUT2D eigenvalue weighted by Crippen LogP contribution is -2.20. The van der Waals surface area contributed by atoms with E-state index in [1.807, 2.05) is 26.0 Å². The van der Waals surface area contributed by atoms with Crippen LogP contribution in [0.5, 0.6) is 5.75 Å². The van der Waals surface area contributed by atoms with Gasteiger partial charge in [-0.3, -0.25) is 9.48 Å². The standard InChI is InChI=1S/C15H19N3O3/c1-10-14(9-19)11(2)18(17-10)8-15(20)16-12-5-4-6-13(7-12)21-3/h4-7,19H,8-9H2,1-3H3,(H,16,20). The van der Waals surface area contributed by atoms with Crippen molar-refractivity contribution in [2.24, 2.45) is 0 Å². The molecule has 0 radical (unpaired) electrons. The molecule has 0 bridgehead atoms. The molecule has 1 aromatic carbocycles. The van der Waals surface area contributed by atoms with E-state index in [2.05, 4.69) is 10.4 Å². The molecule has 1 aromatic heterocycles. The van der Waals surface area contributed by atoms with Gasteiger partial charge in [0.15, 0.2) is 0 Å². The number of aliphatic hydroxyl groups is 1. The number of amides is 1. The van der Waals surface area contributed by atoms with Crippen molar-refractivity contribution >= 4 is 11.6 Å². The number of hydrogen-bond acceptors (Lipinski definition) is 4. The Morgan fingerprint density at radius 2 is 2.19 bits per heavy atom. The summed E-state index contributed by atoms with van der Waals surface area (Å²) in [4.78, 5) is 12.1. The average molecular weight is 289 g/mol. The molecule has 0 saturated heterocycles. The van der Waals surface area contributed by atoms with Crippen LogP contribution < -0.4 is 10.1 Å². The number of aliphatic hydroxyl groups excluding tert-OH is 1. The largest absolute Gasteiger partial charge is 0.497 e. The highest BCUT2D eigenvalue weighted by Gasteiger charge is 2.13. The molecule has 21 heavy (non-hydrogen) atoms. The van der Waals surface area contributed by atoms with Crippen molar-refractivity contribution in [1.29, 1.82) is 0 Å². The smallest absolute Gasteiger partial charge is 0.246 e. The van der Waals surface area contributed by atoms with Crippen LogP contribution in [0.15, 0.2) is 24.3 Å². The van der Waals surface area contributed by atoms with Crippen LogP contribution in [0.4, 0.5) is 5.69 Å². The van der Waals surface area contributed by atoms with Crippen LogP contribution in [0.3, 0.4) is 0 Å². The SMILES string of the molecule is COc1cccc(NC(=O)Cn2nc(C)c(CO)c2C)c1. The highest BCUT2D eigenvalue weighted by Crippen LogP contribution is 2.17. The van der Waals surface area contributed by atoms with E-state index in [1.54, 1.807) is 23.9 Å². The maximum Gasteiger partial charge on any atom is 0.246 e. The van der Waals surface area contributed by atoms with Gasteiger partial charge >= 0.3 is 0 Å². The van der Waals surface area contributed by atoms with E-state index in [0.717, 1.165) is 17.0 Å². The number of nitrogens with one attached hydrogen (secondary N) is 1. The Labute approximate surface area is 123 Å². The molecule has 6 heteroatoms. The summed E-state index contributed by atoms with van der Waals surface area (Å²) in [6.45, 7) is 3.68. The molecule has 6 nitrogen and oxygen atoms in total. The fourth-order valence-corrected chi connectivity index (χ4v) is 2.15. The lowest BCUT2D eigenvalue weighted by Gasteiger charge is -2.08. The van der Waals surface area contributed by atoms with Crippen LogP contribution in [-0.4, -0.2) is 27.9 Å². The minimum atomic E-state index is -0.182. The molecule has 0 atom stereocenters. The Morgan fingerprint density at radius 3 is 2.81 bits per heavy atom. The van der Waals surface area contributed by atoms with Gasteiger partial charge in [0.2, 0.25) is 5.91 Å². The van der Waals surface area contributed by atoms with Crippen LogP contribution in [0.25, 0.3) is 0 Å². The number of aromatic nitrogens is 2. The number of ether oxygens (including phenoxy) is 1. The van der Waals surface area contributed by atoms with Gasteiger partial charge in [-0.25, -0.2) is 0 Å². The van der Waals surface area contributed by atoms with Gasteiger partial charge in [-0.05, 0) is 26.0 Å². The second kappa shape index (κ2) is 6.41. The molecule has 0 aliphatic heterocycles. The van der Waals surface area contributed by atoms with E-state index in [-0.39, 0.29) is 19.1 Å². The second-order valence-electron chi connectivity index (χ2n) is 4.75. The highest BCUT2D eigenvalue weighted by molar-refractivity contribution is 5.90. The number of carbonyl (C=O) groups excluding carboxylic acids is 1. The van der Waals surface area contributed by atoms with Gasteiger partial charge in [0.1, 0.15) is 12.3 Å². The van der Waals surface area contributed by atoms with Crippen molar-refractivity contribution in [2.45, 2.75) is 27.0 Å². The van der Waals surface area contributed by atoms with Crippen LogP contribution in [0, 0.1) is 13.8 Å². The van der Waals surface area contributed by atoms with Gasteiger partial charge in [0, 0.05) is 23.0 Å². The van der Waals surface area contributed by atoms with E-state index in [1.165, 1.54) is 0 Å². The summed E-state index contributed by atoms with van der Waals surface area (Å²) in [5.74, 6) is 0.500. The van der Waals surface area contributed by atoms with Crippen molar-refractivity contribution in [2.75, 3.05) is 12.4 Å². The highest BCUT2D eigenvalue weighted by atomic mass is 16.5. The molecule has 1 amide bonds. The zero-order valence-electron chi connectivity index (χ0n) is 12.4. The average Bonchev–Trinajstić information content (AvgIpc) is 2.73. The zero-order valence-corrected chi connectivity index (χ0v) is 12.4. The van der Waals surface area contributed by atoms with Crippen LogP contribution in [0.2, 0.25) is 0 Å². The lowest BCUT2D eigenvalue weighted by atomic mass is 10.2. The molecule has 0 aliphatic carbocycles. The number of benzene rings is 1. The first-order chi connectivity index (χ1) is 10.0. The second-order valence-corrected chi connectivity index (χ2v) is 4.75. The van der Waals surface area contributed by atoms with Crippen LogP contribution in [-0.2, 0) is 17.9 Å². The van der Waals surface area contributed by atoms with E-state index in [0.29, 0.717) is 11.4 Å². The van der Waals surface area contributed by atoms with Crippen LogP contribution in [0.1, 0.15) is 17.0 Å². The Bertz CT molecular complexity index is 650. The maximum absolute atomic E-state index is 12.1. The summed E-state index contributed by atoms with van der Waals surface area (Å²) < 4.78 is 6.70. The first-order valence-corrected chi connectivity index (χ1v) is 6.62. The summed E-state index contributed by atoms with van der Waals surface area (Å²) in [6.07, 6.45) is 0. The number of aryl methyl sites for hydroxylation is 1. The van der Waals surface area contributed by atoms with E-state index in [4.69, 9.17) is 4.74 Å². The third-order valence-corrected chi connectivity index (χ3v) is 3.34. The van der Waals surface area contributed by atoms with Gasteiger partial charge < -0.3 is 15.2 Å². The number of methoxy groups -OCH3 is 1. The molecule has 1 heterocycles. The Balaban J connectivity index is 2.08. The predicted octanol–water partition coefficient (Wildman–Crippen LogP) is 1.64. The zero-order chi connectivity index (χ0) is 15.4. The minimum Gasteiger partial charge on any atom is -0.497 e. The number of anilines is 1. The number of hydrogen-bond donors (Lipinski definition) is 2. The molecule has 2 rings (SSSR count). The maximum atomic E-state index is 12.1. The fourth-order valence-electron chi connectivity index (χ4n) is 2.15. The van der Waals surface area contributed by atoms with Crippen molar-refractivity contribution in [1.82, 2.24) is 9.78 Å². The molecule has 0 fully saturated rings. The fraction of sp³-hybridized carbons (Fsp3) is 0.333. The van der Waals surface area contributed by atoms with E-state index >= 15 is 0 Å². The van der Waals surface area contributed by atoms with Crippen molar-refractivity contribution < 1.29 is 14.6 Å². The van der Waals surface area contributed by atoms with E-state index < -0.39 is 0 Å². The first kappa shape index (κ1) is 15.1. The third-order valence-electron chi connectivity index (χ3n) is 3.34. The van der Waals surface area contributed by atoms with Gasteiger partial charge in [-0.1, -0.05) is 6.07 Å². The van der Waals surface area contributed by atoms with Crippen LogP contribution >= 0.6 is 0 Å². The predicted molar refractivity (Wildman–Crippen MR) is 79.2 cm³/mol. The molecule has 2 aromatic rings. The molecule has 0 unspecified atom stereocenters. The van der Waals surface area contributed by atoms with E-state index in [9.17, 15) is 9.90 Å². The Hall–Kier alpha value is -2.34. The monoisotopic (exact) mass is 289 g/mol. The Morgan fingerprint density at radius 1 is 1.43 bits per heavy atom. The summed E-state index contributed by atoms with van der Waals surface area (Å²) in [5, 5.41) is 16.3. The number of rotatable bonds is 5. The Kier molecular flexibility index (Phi) is 4.59. The molecular formula is C15H19N3O3. The summed E-state index contributed by atoms with van der Waals surface area (Å²) >= 11 is 0. The summed E-state index contributed by atoms with van der Waals surface area (Å²) in [5.41, 5.74) is 2.98. The molecule has 0 saturated carbocycles. The molecule has 112 valence electrons. The molecule has 0 spiro atoms. The first-order valence-electron chi connectivity index (χ1n) is 6.62. The number of nitrogens with zero attached hydrogens (tertiary/aromatic N) is 2. The quantitative estimate of drug-likeness (QED) is 0.877. The molecular weight excluding hydrogens is 270 g/mol. The summed E-state index contributed by atoms with van der Waals surface area (Å²) in [7, 11) is 1.58. The molecule has 2 N–H and O–H groups in total. The lowest BCUT2D eigenvalue weighted by molar-refractivity contribution is -0.116. The number of carbonyl (C=O) groups is 1. The van der Waals surface area contributed by atoms with Gasteiger partial charge in [0.05, 0.1) is 19.4 Å². The third kappa shape index (κ3) is 3.41. The van der Waals surface area contributed by atoms with Gasteiger partial charge in [0.25, 0.3) is 0 Å². The molecule has 0 aliphatic rings. The van der Waals surface area contributed by atoms with Crippen molar-refractivity contribution in [3.8, 4) is 5.75 Å². The minimum absolute atomic E-state index is 0.0742. The van der Waals surface area contributed by atoms with Gasteiger partial charge in [-0.2, -0.15) is 5.10 Å².